The molecule has 0 aliphatic carbocycles. The van der Waals surface area contributed by atoms with E-state index in [0.717, 1.165) is 20.9 Å². The molecule has 0 saturated carbocycles. The maximum atomic E-state index is 12.7. The molecule has 0 bridgehead atoms. The van der Waals surface area contributed by atoms with Gasteiger partial charge in [-0.2, -0.15) is 4.98 Å². The van der Waals surface area contributed by atoms with Gasteiger partial charge in [-0.3, -0.25) is 9.36 Å². The lowest BCUT2D eigenvalue weighted by Gasteiger charge is -2.16. The number of carbonyl (C=O) groups is 1. The van der Waals surface area contributed by atoms with Gasteiger partial charge in [0.05, 0.1) is 18.3 Å². The number of ether oxygens (including phenoxy) is 1. The highest BCUT2D eigenvalue weighted by molar-refractivity contribution is 5.98. The second kappa shape index (κ2) is 8.23. The summed E-state index contributed by atoms with van der Waals surface area (Å²) in [6, 6.07) is 13.8. The SMILES string of the molecule is Nc1nc(=O)n([C@H]2C[C@H](O)[C@@H](CO)O2)cc1C(=O)NCc1ccc2ccccc2c1. The summed E-state index contributed by atoms with van der Waals surface area (Å²) in [5.74, 6) is -0.677. The smallest absolute Gasteiger partial charge is 0.351 e. The maximum absolute atomic E-state index is 12.7. The third-order valence-corrected chi connectivity index (χ3v) is 5.19. The molecule has 3 aromatic rings. The number of nitrogen functional groups attached to an aromatic ring is 1. The molecular weight excluding hydrogens is 388 g/mol. The third kappa shape index (κ3) is 3.90. The van der Waals surface area contributed by atoms with Crippen LogP contribution >= 0.6 is 0 Å². The number of fused-ring (bicyclic) bond motifs is 1. The van der Waals surface area contributed by atoms with Crippen molar-refractivity contribution in [2.45, 2.75) is 31.4 Å². The van der Waals surface area contributed by atoms with Crippen molar-refractivity contribution in [2.75, 3.05) is 12.3 Å². The van der Waals surface area contributed by atoms with Crippen molar-refractivity contribution in [3.05, 3.63) is 70.3 Å². The molecule has 3 atom stereocenters. The van der Waals surface area contributed by atoms with Crippen LogP contribution in [0, 0.1) is 0 Å². The minimum absolute atomic E-state index is 0.0286. The first-order chi connectivity index (χ1) is 14.5. The van der Waals surface area contributed by atoms with Gasteiger partial charge in [-0.1, -0.05) is 36.4 Å². The molecule has 1 fully saturated rings. The van der Waals surface area contributed by atoms with E-state index in [9.17, 15) is 19.8 Å². The summed E-state index contributed by atoms with van der Waals surface area (Å²) in [7, 11) is 0. The highest BCUT2D eigenvalue weighted by atomic mass is 16.5. The molecule has 2 aromatic carbocycles. The van der Waals surface area contributed by atoms with Gasteiger partial charge in [0, 0.05) is 19.2 Å². The fraction of sp³-hybridized carbons (Fsp3) is 0.286. The van der Waals surface area contributed by atoms with Crippen molar-refractivity contribution in [2.24, 2.45) is 0 Å². The number of hydrogen-bond acceptors (Lipinski definition) is 7. The Balaban J connectivity index is 1.52. The number of nitrogens with two attached hydrogens (primary N) is 1. The van der Waals surface area contributed by atoms with Crippen LogP contribution in [0.15, 0.2) is 53.5 Å². The maximum Gasteiger partial charge on any atom is 0.351 e. The van der Waals surface area contributed by atoms with E-state index in [2.05, 4.69) is 10.3 Å². The molecule has 0 unspecified atom stereocenters. The Morgan fingerprint density at radius 1 is 1.27 bits per heavy atom. The zero-order valence-corrected chi connectivity index (χ0v) is 16.1. The van der Waals surface area contributed by atoms with Gasteiger partial charge in [-0.25, -0.2) is 4.79 Å². The third-order valence-electron chi connectivity index (χ3n) is 5.19. The molecule has 4 rings (SSSR count). The number of carbonyl (C=O) groups excluding carboxylic acids is 1. The van der Waals surface area contributed by atoms with Crippen LogP contribution in [-0.2, 0) is 11.3 Å². The van der Waals surface area contributed by atoms with E-state index in [0.29, 0.717) is 0 Å². The summed E-state index contributed by atoms with van der Waals surface area (Å²) >= 11 is 0. The van der Waals surface area contributed by atoms with Crippen molar-refractivity contribution >= 4 is 22.5 Å². The second-order valence-electron chi connectivity index (χ2n) is 7.21. The number of benzene rings is 2. The zero-order valence-electron chi connectivity index (χ0n) is 16.1. The lowest BCUT2D eigenvalue weighted by Crippen LogP contribution is -2.32. The number of nitrogens with one attached hydrogen (secondary N) is 1. The van der Waals surface area contributed by atoms with Gasteiger partial charge >= 0.3 is 5.69 Å². The zero-order chi connectivity index (χ0) is 21.3. The monoisotopic (exact) mass is 410 g/mol. The quantitative estimate of drug-likeness (QED) is 0.481. The fourth-order valence-electron chi connectivity index (χ4n) is 3.54. The first-order valence-corrected chi connectivity index (χ1v) is 9.55. The minimum Gasteiger partial charge on any atom is -0.394 e. The topological polar surface area (TPSA) is 140 Å². The van der Waals surface area contributed by atoms with Crippen LogP contribution in [0.4, 0.5) is 5.82 Å². The molecule has 1 aromatic heterocycles. The molecule has 0 spiro atoms. The van der Waals surface area contributed by atoms with Crippen molar-refractivity contribution in [1.29, 1.82) is 0 Å². The molecule has 9 nitrogen and oxygen atoms in total. The Kier molecular flexibility index (Phi) is 5.49. The Hall–Kier alpha value is -3.27. The first kappa shape index (κ1) is 20.0. The van der Waals surface area contributed by atoms with Gasteiger partial charge in [0.25, 0.3) is 5.91 Å². The van der Waals surface area contributed by atoms with Gasteiger partial charge in [-0.15, -0.1) is 0 Å². The van der Waals surface area contributed by atoms with Gasteiger partial charge < -0.3 is 26.0 Å². The standard InChI is InChI=1S/C21H22N4O5/c22-19-15(10-25(21(29)24-19)18-8-16(27)17(11-26)30-18)20(28)23-9-12-5-6-13-3-1-2-4-14(13)7-12/h1-7,10,16-18,26-27H,8-9,11H2,(H,23,28)(H2,22,24,29)/t16-,17+,18+/m0/s1. The van der Waals surface area contributed by atoms with Crippen LogP contribution < -0.4 is 16.7 Å². The van der Waals surface area contributed by atoms with E-state index >= 15 is 0 Å². The fourth-order valence-corrected chi connectivity index (χ4v) is 3.54. The molecule has 1 saturated heterocycles. The number of amides is 1. The predicted octanol–water partition coefficient (Wildman–Crippen LogP) is 0.549. The highest BCUT2D eigenvalue weighted by Gasteiger charge is 2.35. The largest absolute Gasteiger partial charge is 0.394 e. The van der Waals surface area contributed by atoms with Crippen molar-refractivity contribution < 1.29 is 19.7 Å². The molecule has 2 heterocycles. The van der Waals surface area contributed by atoms with Gasteiger partial charge in [0.2, 0.25) is 0 Å². The van der Waals surface area contributed by atoms with Gasteiger partial charge in [-0.05, 0) is 22.4 Å². The molecule has 9 heteroatoms. The Morgan fingerprint density at radius 3 is 2.77 bits per heavy atom. The molecule has 1 amide bonds. The van der Waals surface area contributed by atoms with Crippen LogP contribution in [-0.4, -0.2) is 44.5 Å². The molecular formula is C21H22N4O5. The van der Waals surface area contributed by atoms with Crippen LogP contribution in [0.2, 0.25) is 0 Å². The van der Waals surface area contributed by atoms with E-state index in [-0.39, 0.29) is 31.0 Å². The normalized spacial score (nSPS) is 21.1. The van der Waals surface area contributed by atoms with Crippen LogP contribution in [0.25, 0.3) is 10.8 Å². The summed E-state index contributed by atoms with van der Waals surface area (Å²) in [5.41, 5.74) is 6.04. The molecule has 1 aliphatic heterocycles. The van der Waals surface area contributed by atoms with E-state index < -0.39 is 30.0 Å². The van der Waals surface area contributed by atoms with Crippen LogP contribution in [0.5, 0.6) is 0 Å². The Labute approximate surface area is 171 Å². The predicted molar refractivity (Wildman–Crippen MR) is 110 cm³/mol. The Bertz CT molecular complexity index is 1150. The number of aliphatic hydroxyl groups excluding tert-OH is 2. The molecule has 0 radical (unpaired) electrons. The molecule has 5 N–H and O–H groups in total. The second-order valence-corrected chi connectivity index (χ2v) is 7.21. The lowest BCUT2D eigenvalue weighted by atomic mass is 10.1. The highest BCUT2D eigenvalue weighted by Crippen LogP contribution is 2.27. The molecule has 156 valence electrons. The lowest BCUT2D eigenvalue weighted by molar-refractivity contribution is -0.0459. The van der Waals surface area contributed by atoms with Crippen molar-refractivity contribution in [1.82, 2.24) is 14.9 Å². The number of aromatic nitrogens is 2. The number of nitrogens with zero attached hydrogens (tertiary/aromatic N) is 2. The average Bonchev–Trinajstić information content (AvgIpc) is 3.12. The van der Waals surface area contributed by atoms with E-state index in [1.165, 1.54) is 6.20 Å². The van der Waals surface area contributed by atoms with E-state index in [4.69, 9.17) is 10.5 Å². The van der Waals surface area contributed by atoms with E-state index in [1.807, 2.05) is 42.5 Å². The summed E-state index contributed by atoms with van der Waals surface area (Å²) in [5, 5.41) is 24.1. The first-order valence-electron chi connectivity index (χ1n) is 9.55. The average molecular weight is 410 g/mol. The summed E-state index contributed by atoms with van der Waals surface area (Å²) in [4.78, 5) is 28.6. The van der Waals surface area contributed by atoms with Gasteiger partial charge in [0.15, 0.2) is 0 Å². The number of aliphatic hydroxyl groups is 2. The van der Waals surface area contributed by atoms with Crippen molar-refractivity contribution in [3.63, 3.8) is 0 Å². The van der Waals surface area contributed by atoms with E-state index in [1.54, 1.807) is 0 Å². The number of anilines is 1. The summed E-state index contributed by atoms with van der Waals surface area (Å²) < 4.78 is 6.60. The van der Waals surface area contributed by atoms with Crippen molar-refractivity contribution in [3.8, 4) is 0 Å². The van der Waals surface area contributed by atoms with Crippen LogP contribution in [0.3, 0.4) is 0 Å². The van der Waals surface area contributed by atoms with Crippen LogP contribution in [0.1, 0.15) is 28.6 Å². The minimum atomic E-state index is -0.922. The number of hydrogen-bond donors (Lipinski definition) is 4. The summed E-state index contributed by atoms with van der Waals surface area (Å²) in [6.45, 7) is -0.110. The summed E-state index contributed by atoms with van der Waals surface area (Å²) in [6.07, 6.45) is -1.20. The number of rotatable bonds is 5. The Morgan fingerprint density at radius 2 is 2.03 bits per heavy atom. The molecule has 1 aliphatic rings. The molecule has 30 heavy (non-hydrogen) atoms. The van der Waals surface area contributed by atoms with Gasteiger partial charge in [0.1, 0.15) is 18.1 Å².